The highest BCUT2D eigenvalue weighted by molar-refractivity contribution is 5.97. The van der Waals surface area contributed by atoms with Crippen LogP contribution >= 0.6 is 0 Å². The Kier molecular flexibility index (Phi) is 4.77. The number of rotatable bonds is 4. The van der Waals surface area contributed by atoms with Crippen molar-refractivity contribution in [3.05, 3.63) is 42.0 Å². The Hall–Kier alpha value is -3.27. The van der Waals surface area contributed by atoms with Crippen molar-refractivity contribution in [1.82, 2.24) is 29.8 Å². The van der Waals surface area contributed by atoms with Crippen molar-refractivity contribution in [3.8, 4) is 11.4 Å². The molecule has 1 aliphatic heterocycles. The predicted molar refractivity (Wildman–Crippen MR) is 124 cm³/mol. The molecule has 0 amide bonds. The van der Waals surface area contributed by atoms with Gasteiger partial charge in [-0.15, -0.1) is 0 Å². The van der Waals surface area contributed by atoms with Crippen LogP contribution in [0.15, 0.2) is 30.7 Å². The van der Waals surface area contributed by atoms with E-state index < -0.39 is 11.9 Å². The highest BCUT2D eigenvalue weighted by Gasteiger charge is 2.34. The summed E-state index contributed by atoms with van der Waals surface area (Å²) < 4.78 is 40.1. The van der Waals surface area contributed by atoms with Crippen molar-refractivity contribution < 1.29 is 13.2 Å². The number of nitrogens with zero attached hydrogens (tertiary/aromatic N) is 6. The molecule has 6 rings (SSSR count). The number of halogens is 3. The molecule has 0 bridgehead atoms. The second kappa shape index (κ2) is 7.63. The Labute approximate surface area is 194 Å². The molecule has 1 N–H and O–H groups in total. The molecule has 34 heavy (non-hydrogen) atoms. The number of hydrogen-bond donors (Lipinski definition) is 1. The second-order valence-electron chi connectivity index (χ2n) is 9.39. The lowest BCUT2D eigenvalue weighted by molar-refractivity contribution is -0.140. The summed E-state index contributed by atoms with van der Waals surface area (Å²) >= 11 is 0. The van der Waals surface area contributed by atoms with Gasteiger partial charge in [0.05, 0.1) is 11.7 Å². The van der Waals surface area contributed by atoms with Crippen molar-refractivity contribution in [1.29, 1.82) is 0 Å². The van der Waals surface area contributed by atoms with Crippen LogP contribution in [0.25, 0.3) is 33.3 Å². The number of hydrogen-bond acceptors (Lipinski definition) is 6. The number of likely N-dealkylation sites (tertiary alicyclic amines) is 1. The van der Waals surface area contributed by atoms with Gasteiger partial charge >= 0.3 is 6.18 Å². The van der Waals surface area contributed by atoms with E-state index in [4.69, 9.17) is 9.97 Å². The molecule has 0 unspecified atom stereocenters. The van der Waals surface area contributed by atoms with Gasteiger partial charge in [-0.3, -0.25) is 4.98 Å². The SMILES string of the molecule is CN1CC[C@H](N(C)c2nc(-c3ccnc4[nH]c(C(F)(F)F)cc34)nc3cncc(C4CC4)c23)C1. The van der Waals surface area contributed by atoms with Gasteiger partial charge in [0.2, 0.25) is 0 Å². The first-order valence-electron chi connectivity index (χ1n) is 11.4. The van der Waals surface area contributed by atoms with E-state index in [9.17, 15) is 13.2 Å². The zero-order valence-corrected chi connectivity index (χ0v) is 18.9. The minimum absolute atomic E-state index is 0.158. The Bertz CT molecular complexity index is 1390. The molecule has 5 heterocycles. The third kappa shape index (κ3) is 3.56. The summed E-state index contributed by atoms with van der Waals surface area (Å²) in [6.45, 7) is 1.93. The number of aromatic nitrogens is 5. The van der Waals surface area contributed by atoms with Gasteiger partial charge < -0.3 is 14.8 Å². The molecule has 4 aromatic rings. The Balaban J connectivity index is 1.56. The summed E-state index contributed by atoms with van der Waals surface area (Å²) in [5.74, 6) is 1.63. The molecule has 1 saturated carbocycles. The summed E-state index contributed by atoms with van der Waals surface area (Å²) in [5, 5.41) is 1.34. The summed E-state index contributed by atoms with van der Waals surface area (Å²) in [5.41, 5.74) is 1.68. The standard InChI is InChI=1S/C24H24F3N7/c1-33-8-6-14(12-33)34(2)23-20-17(13-3-4-13)10-28-11-18(20)30-22(32-23)15-5-7-29-21-16(15)9-19(31-21)24(25,26)27/h5,7,9-11,13-14H,3-4,6,8,12H2,1-2H3,(H,29,31)/t14-/m0/s1. The smallest absolute Gasteiger partial charge is 0.355 e. The van der Waals surface area contributed by atoms with E-state index in [1.807, 2.05) is 13.2 Å². The van der Waals surface area contributed by atoms with E-state index in [0.717, 1.165) is 55.2 Å². The van der Waals surface area contributed by atoms with Crippen LogP contribution in [0.4, 0.5) is 19.0 Å². The minimum Gasteiger partial charge on any atom is -0.355 e. The third-order valence-corrected chi connectivity index (χ3v) is 6.96. The number of fused-ring (bicyclic) bond motifs is 2. The predicted octanol–water partition coefficient (Wildman–Crippen LogP) is 4.60. The highest BCUT2D eigenvalue weighted by atomic mass is 19.4. The van der Waals surface area contributed by atoms with Gasteiger partial charge in [0.25, 0.3) is 0 Å². The number of H-pyrrole nitrogens is 1. The third-order valence-electron chi connectivity index (χ3n) is 6.96. The van der Waals surface area contributed by atoms with Gasteiger partial charge in [0.1, 0.15) is 17.2 Å². The monoisotopic (exact) mass is 467 g/mol. The van der Waals surface area contributed by atoms with E-state index in [1.165, 1.54) is 6.20 Å². The van der Waals surface area contributed by atoms with Gasteiger partial charge in [0, 0.05) is 48.4 Å². The maximum absolute atomic E-state index is 13.4. The minimum atomic E-state index is -4.49. The van der Waals surface area contributed by atoms with Crippen molar-refractivity contribution in [2.75, 3.05) is 32.1 Å². The number of likely N-dealkylation sites (N-methyl/N-ethyl adjacent to an activating group) is 2. The molecule has 4 aromatic heterocycles. The van der Waals surface area contributed by atoms with Gasteiger partial charge in [-0.2, -0.15) is 13.2 Å². The summed E-state index contributed by atoms with van der Waals surface area (Å²) in [6.07, 6.45) is 3.87. The van der Waals surface area contributed by atoms with E-state index in [1.54, 1.807) is 12.3 Å². The largest absolute Gasteiger partial charge is 0.431 e. The van der Waals surface area contributed by atoms with Crippen molar-refractivity contribution >= 4 is 27.8 Å². The van der Waals surface area contributed by atoms with Crippen LogP contribution in [0.5, 0.6) is 0 Å². The summed E-state index contributed by atoms with van der Waals surface area (Å²) in [6, 6.07) is 3.04. The zero-order valence-electron chi connectivity index (χ0n) is 18.9. The van der Waals surface area contributed by atoms with E-state index in [2.05, 4.69) is 31.8 Å². The molecule has 1 atom stereocenters. The van der Waals surface area contributed by atoms with Crippen LogP contribution < -0.4 is 4.90 Å². The van der Waals surface area contributed by atoms with Crippen molar-refractivity contribution in [3.63, 3.8) is 0 Å². The number of aromatic amines is 1. The van der Waals surface area contributed by atoms with Crippen molar-refractivity contribution in [2.24, 2.45) is 0 Å². The van der Waals surface area contributed by atoms with E-state index in [0.29, 0.717) is 28.2 Å². The molecule has 0 radical (unpaired) electrons. The number of pyridine rings is 2. The lowest BCUT2D eigenvalue weighted by atomic mass is 10.1. The van der Waals surface area contributed by atoms with E-state index >= 15 is 0 Å². The van der Waals surface area contributed by atoms with Gasteiger partial charge in [0.15, 0.2) is 5.82 Å². The maximum atomic E-state index is 13.4. The molecule has 0 spiro atoms. The molecule has 176 valence electrons. The fourth-order valence-corrected chi connectivity index (χ4v) is 4.94. The molecule has 2 aliphatic rings. The van der Waals surface area contributed by atoms with Crippen LogP contribution in [0.1, 0.15) is 36.4 Å². The Morgan fingerprint density at radius 3 is 2.68 bits per heavy atom. The summed E-state index contributed by atoms with van der Waals surface area (Å²) in [7, 11) is 4.15. The Morgan fingerprint density at radius 1 is 1.15 bits per heavy atom. The fourth-order valence-electron chi connectivity index (χ4n) is 4.94. The molecular weight excluding hydrogens is 443 g/mol. The quantitative estimate of drug-likeness (QED) is 0.473. The molecule has 1 saturated heterocycles. The maximum Gasteiger partial charge on any atom is 0.431 e. The lowest BCUT2D eigenvalue weighted by Crippen LogP contribution is -2.34. The van der Waals surface area contributed by atoms with Crippen molar-refractivity contribution in [2.45, 2.75) is 37.4 Å². The van der Waals surface area contributed by atoms with Crippen LogP contribution in [-0.2, 0) is 6.18 Å². The average molecular weight is 467 g/mol. The van der Waals surface area contributed by atoms with Gasteiger partial charge in [-0.1, -0.05) is 0 Å². The van der Waals surface area contributed by atoms with Gasteiger partial charge in [-0.25, -0.2) is 15.0 Å². The van der Waals surface area contributed by atoms with Crippen LogP contribution in [0.3, 0.4) is 0 Å². The second-order valence-corrected chi connectivity index (χ2v) is 9.39. The molecule has 2 fully saturated rings. The molecule has 1 aliphatic carbocycles. The first-order chi connectivity index (χ1) is 16.3. The molecule has 0 aromatic carbocycles. The average Bonchev–Trinajstić information content (AvgIpc) is 3.40. The van der Waals surface area contributed by atoms with Crippen LogP contribution in [0, 0.1) is 0 Å². The van der Waals surface area contributed by atoms with Crippen LogP contribution in [-0.4, -0.2) is 63.0 Å². The topological polar surface area (TPSA) is 73.8 Å². The lowest BCUT2D eigenvalue weighted by Gasteiger charge is -2.27. The number of anilines is 1. The highest BCUT2D eigenvalue weighted by Crippen LogP contribution is 2.45. The first-order valence-corrected chi connectivity index (χ1v) is 11.4. The zero-order chi connectivity index (χ0) is 23.6. The summed E-state index contributed by atoms with van der Waals surface area (Å²) in [4.78, 5) is 25.2. The van der Waals surface area contributed by atoms with Gasteiger partial charge in [-0.05, 0) is 56.5 Å². The number of nitrogens with one attached hydrogen (secondary N) is 1. The molecular formula is C24H24F3N7. The number of alkyl halides is 3. The van der Waals surface area contributed by atoms with Crippen LogP contribution in [0.2, 0.25) is 0 Å². The fraction of sp³-hybridized carbons (Fsp3) is 0.417. The molecule has 7 nitrogen and oxygen atoms in total. The first kappa shape index (κ1) is 21.3. The van der Waals surface area contributed by atoms with E-state index in [-0.39, 0.29) is 11.7 Å². The molecule has 10 heteroatoms. The Morgan fingerprint density at radius 2 is 1.97 bits per heavy atom. The normalized spacial score (nSPS) is 19.4.